The average molecular weight is 614 g/mol. The standard InChI is InChI=1S/C35H41F2N7O/c1-22-15-23(2)39-32(38-22)40-33(41-34(45)42-35-19-24-16-25(20-35)18-26(17-24)21-35)44-13-11-43(12-14-44)31(27-3-7-29(36)8-4-27)28-5-9-30(37)10-6-28/h3-10,15,24-26,31H,11-14,16-21H2,1-2H3,(H2,38,39,40,41,42,45). The van der Waals surface area contributed by atoms with Gasteiger partial charge < -0.3 is 10.2 Å². The van der Waals surface area contributed by atoms with Crippen LogP contribution in [0.2, 0.25) is 0 Å². The van der Waals surface area contributed by atoms with Gasteiger partial charge in [-0.3, -0.25) is 10.2 Å². The molecule has 0 unspecified atom stereocenters. The van der Waals surface area contributed by atoms with Gasteiger partial charge in [0.2, 0.25) is 5.96 Å². The molecule has 236 valence electrons. The zero-order valence-corrected chi connectivity index (χ0v) is 26.0. The molecule has 2 heterocycles. The van der Waals surface area contributed by atoms with Gasteiger partial charge in [0.05, 0.1) is 6.04 Å². The highest BCUT2D eigenvalue weighted by molar-refractivity contribution is 5.97. The van der Waals surface area contributed by atoms with Crippen molar-refractivity contribution in [3.05, 3.63) is 88.7 Å². The number of benzene rings is 2. The fraction of sp³-hybridized carbons (Fsp3) is 0.486. The number of aromatic nitrogens is 2. The number of hydrogen-bond donors (Lipinski definition) is 2. The summed E-state index contributed by atoms with van der Waals surface area (Å²) in [7, 11) is 0. The molecule has 4 bridgehead atoms. The first-order valence-corrected chi connectivity index (χ1v) is 16.2. The van der Waals surface area contributed by atoms with Crippen molar-refractivity contribution in [2.75, 3.05) is 26.2 Å². The van der Waals surface area contributed by atoms with E-state index in [1.807, 2.05) is 19.9 Å². The summed E-state index contributed by atoms with van der Waals surface area (Å²) in [5, 5.41) is 6.52. The van der Waals surface area contributed by atoms with Crippen molar-refractivity contribution in [3.63, 3.8) is 0 Å². The summed E-state index contributed by atoms with van der Waals surface area (Å²) in [6.45, 7) is 6.27. The maximum absolute atomic E-state index is 13.8. The number of halogens is 2. The number of piperazine rings is 1. The minimum Gasteiger partial charge on any atom is -0.340 e. The lowest BCUT2D eigenvalue weighted by atomic mass is 9.53. The first-order chi connectivity index (χ1) is 21.7. The zero-order valence-electron chi connectivity index (χ0n) is 26.0. The second kappa shape index (κ2) is 12.1. The van der Waals surface area contributed by atoms with E-state index in [-0.39, 0.29) is 29.2 Å². The van der Waals surface area contributed by atoms with Crippen LogP contribution >= 0.6 is 0 Å². The lowest BCUT2D eigenvalue weighted by molar-refractivity contribution is -0.0133. The maximum Gasteiger partial charge on any atom is 0.321 e. The highest BCUT2D eigenvalue weighted by Gasteiger charge is 2.51. The number of rotatable bonds is 5. The Morgan fingerprint density at radius 3 is 1.80 bits per heavy atom. The quantitative estimate of drug-likeness (QED) is 0.271. The van der Waals surface area contributed by atoms with E-state index in [2.05, 4.69) is 30.4 Å². The molecule has 0 spiro atoms. The molecule has 0 atom stereocenters. The van der Waals surface area contributed by atoms with E-state index < -0.39 is 0 Å². The molecule has 5 fully saturated rings. The van der Waals surface area contributed by atoms with Crippen molar-refractivity contribution in [1.82, 2.24) is 30.4 Å². The number of carbonyl (C=O) groups is 1. The van der Waals surface area contributed by atoms with E-state index >= 15 is 0 Å². The molecule has 5 aliphatic rings. The summed E-state index contributed by atoms with van der Waals surface area (Å²) in [5.41, 5.74) is 3.36. The average Bonchev–Trinajstić information content (AvgIpc) is 2.98. The van der Waals surface area contributed by atoms with Crippen LogP contribution in [0.1, 0.15) is 67.1 Å². The van der Waals surface area contributed by atoms with Crippen molar-refractivity contribution in [2.24, 2.45) is 22.7 Å². The number of guanidine groups is 1. The molecule has 45 heavy (non-hydrogen) atoms. The topological polar surface area (TPSA) is 85.7 Å². The van der Waals surface area contributed by atoms with Crippen molar-refractivity contribution in [2.45, 2.75) is 64.0 Å². The van der Waals surface area contributed by atoms with E-state index in [1.54, 1.807) is 24.3 Å². The number of aryl methyl sites for hydroxylation is 2. The van der Waals surface area contributed by atoms with E-state index in [9.17, 15) is 13.6 Å². The molecule has 3 aromatic rings. The van der Waals surface area contributed by atoms with Crippen LogP contribution in [0.5, 0.6) is 0 Å². The maximum atomic E-state index is 13.8. The van der Waals surface area contributed by atoms with Gasteiger partial charge in [0.1, 0.15) is 11.6 Å². The number of amides is 2. The minimum atomic E-state index is -0.297. The monoisotopic (exact) mass is 613 g/mol. The summed E-state index contributed by atoms with van der Waals surface area (Å²) in [6.07, 6.45) is 7.10. The third kappa shape index (κ3) is 6.57. The molecule has 2 amide bonds. The van der Waals surface area contributed by atoms with Crippen LogP contribution in [0.25, 0.3) is 0 Å². The molecule has 8 nitrogen and oxygen atoms in total. The first kappa shape index (κ1) is 29.8. The van der Waals surface area contributed by atoms with Crippen LogP contribution in [-0.4, -0.2) is 63.5 Å². The summed E-state index contributed by atoms with van der Waals surface area (Å²) in [5.74, 6) is 2.31. The van der Waals surface area contributed by atoms with Crippen molar-refractivity contribution in [3.8, 4) is 0 Å². The van der Waals surface area contributed by atoms with Crippen LogP contribution < -0.4 is 10.6 Å². The summed E-state index contributed by atoms with van der Waals surface area (Å²) in [4.78, 5) is 31.9. The fourth-order valence-electron chi connectivity index (χ4n) is 8.76. The molecule has 1 saturated heterocycles. The number of aliphatic imine (C=N–C) groups is 1. The second-order valence-corrected chi connectivity index (χ2v) is 13.7. The van der Waals surface area contributed by atoms with E-state index in [0.29, 0.717) is 38.1 Å². The molecule has 4 saturated carbocycles. The number of nitrogens with zero attached hydrogens (tertiary/aromatic N) is 5. The first-order valence-electron chi connectivity index (χ1n) is 16.2. The highest BCUT2D eigenvalue weighted by Crippen LogP contribution is 2.55. The summed E-state index contributed by atoms with van der Waals surface area (Å²) >= 11 is 0. The number of urea groups is 1. The Balaban J connectivity index is 1.11. The van der Waals surface area contributed by atoms with E-state index in [4.69, 9.17) is 4.99 Å². The Kier molecular flexibility index (Phi) is 8.02. The normalized spacial score (nSPS) is 26.4. The lowest BCUT2D eigenvalue weighted by Crippen LogP contribution is -2.63. The Labute approximate surface area is 263 Å². The Morgan fingerprint density at radius 1 is 0.822 bits per heavy atom. The van der Waals surface area contributed by atoms with Crippen molar-refractivity contribution < 1.29 is 13.6 Å². The summed E-state index contributed by atoms with van der Waals surface area (Å²) < 4.78 is 27.7. The van der Waals surface area contributed by atoms with Gasteiger partial charge in [-0.2, -0.15) is 4.99 Å². The number of carbonyl (C=O) groups excluding carboxylic acids is 1. The van der Waals surface area contributed by atoms with Crippen LogP contribution in [0.3, 0.4) is 0 Å². The SMILES string of the molecule is Cc1cc(C)nc(/N=C(/NC(=O)NC23CC4CC(CC(C4)C2)C3)N2CCN(C(c3ccc(F)cc3)c3ccc(F)cc3)CC2)n1. The molecular formula is C35H41F2N7O. The Bertz CT molecular complexity index is 1470. The molecule has 8 rings (SSSR count). The van der Waals surface area contributed by atoms with Crippen LogP contribution in [-0.2, 0) is 0 Å². The molecule has 10 heteroatoms. The summed E-state index contributed by atoms with van der Waals surface area (Å²) in [6, 6.07) is 14.5. The van der Waals surface area contributed by atoms with Crippen LogP contribution in [0, 0.1) is 43.2 Å². The molecule has 1 aromatic heterocycles. The van der Waals surface area contributed by atoms with Gasteiger partial charge in [0.25, 0.3) is 5.95 Å². The second-order valence-electron chi connectivity index (χ2n) is 13.7. The van der Waals surface area contributed by atoms with Gasteiger partial charge >= 0.3 is 6.03 Å². The lowest BCUT2D eigenvalue weighted by Gasteiger charge is -2.56. The Morgan fingerprint density at radius 2 is 1.31 bits per heavy atom. The molecule has 2 aromatic carbocycles. The van der Waals surface area contributed by atoms with Gasteiger partial charge in [-0.25, -0.2) is 23.5 Å². The molecule has 2 N–H and O–H groups in total. The van der Waals surface area contributed by atoms with Crippen LogP contribution in [0.15, 0.2) is 59.6 Å². The minimum absolute atomic E-state index is 0.128. The third-order valence-corrected chi connectivity index (χ3v) is 10.2. The van der Waals surface area contributed by atoms with Gasteiger partial charge in [-0.15, -0.1) is 0 Å². The smallest absolute Gasteiger partial charge is 0.321 e. The number of nitrogens with one attached hydrogen (secondary N) is 2. The number of hydrogen-bond acceptors (Lipinski definition) is 5. The molecule has 1 aliphatic heterocycles. The van der Waals surface area contributed by atoms with Gasteiger partial charge in [0.15, 0.2) is 0 Å². The molecule has 0 radical (unpaired) electrons. The van der Waals surface area contributed by atoms with Crippen molar-refractivity contribution >= 4 is 17.9 Å². The third-order valence-electron chi connectivity index (χ3n) is 10.2. The van der Waals surface area contributed by atoms with Crippen LogP contribution in [0.4, 0.5) is 19.5 Å². The van der Waals surface area contributed by atoms with Gasteiger partial charge in [-0.05, 0) is 112 Å². The van der Waals surface area contributed by atoms with Gasteiger partial charge in [0, 0.05) is 43.1 Å². The highest BCUT2D eigenvalue weighted by atomic mass is 19.1. The van der Waals surface area contributed by atoms with E-state index in [1.165, 1.54) is 43.5 Å². The predicted molar refractivity (Wildman–Crippen MR) is 169 cm³/mol. The predicted octanol–water partition coefficient (Wildman–Crippen LogP) is 6.03. The molecular weight excluding hydrogens is 572 g/mol. The van der Waals surface area contributed by atoms with E-state index in [0.717, 1.165) is 59.5 Å². The Hall–Kier alpha value is -3.92. The fourth-order valence-corrected chi connectivity index (χ4v) is 8.76. The zero-order chi connectivity index (χ0) is 31.1. The largest absolute Gasteiger partial charge is 0.340 e. The molecule has 4 aliphatic carbocycles. The van der Waals surface area contributed by atoms with Crippen molar-refractivity contribution in [1.29, 1.82) is 0 Å². The van der Waals surface area contributed by atoms with Gasteiger partial charge in [-0.1, -0.05) is 24.3 Å².